The zero-order valence-electron chi connectivity index (χ0n) is 13.0. The van der Waals surface area contributed by atoms with Gasteiger partial charge >= 0.3 is 6.61 Å². The maximum absolute atomic E-state index is 12.2. The van der Waals surface area contributed by atoms with E-state index in [1.165, 1.54) is 18.2 Å². The fourth-order valence-electron chi connectivity index (χ4n) is 2.22. The van der Waals surface area contributed by atoms with Crippen LogP contribution in [0, 0.1) is 0 Å². The zero-order chi connectivity index (χ0) is 17.4. The Balaban J connectivity index is 1.79. The first-order valence-corrected chi connectivity index (χ1v) is 7.58. The van der Waals surface area contributed by atoms with Crippen molar-refractivity contribution in [1.82, 2.24) is 5.32 Å². The minimum absolute atomic E-state index is 0.00571. The van der Waals surface area contributed by atoms with E-state index < -0.39 is 12.7 Å². The van der Waals surface area contributed by atoms with Crippen LogP contribution in [0.15, 0.2) is 54.6 Å². The second-order valence-corrected chi connectivity index (χ2v) is 5.26. The van der Waals surface area contributed by atoms with Gasteiger partial charge in [0.25, 0.3) is 0 Å². The predicted octanol–water partition coefficient (Wildman–Crippen LogP) is 3.07. The van der Waals surface area contributed by atoms with Gasteiger partial charge in [-0.25, -0.2) is 0 Å². The monoisotopic (exact) mass is 335 g/mol. The van der Waals surface area contributed by atoms with Crippen LogP contribution in [0.1, 0.15) is 23.7 Å². The highest BCUT2D eigenvalue weighted by atomic mass is 19.3. The standard InChI is InChI=1S/C18H19F2NO3/c19-18(20)24-15-8-4-7-14(11-15)16(22)12-21-17(23)10-9-13-5-2-1-3-6-13/h1-8,11,16,18,22H,9-10,12H2,(H,21,23). The lowest BCUT2D eigenvalue weighted by Crippen LogP contribution is -2.28. The SMILES string of the molecule is O=C(CCc1ccccc1)NCC(O)c1cccc(OC(F)F)c1. The molecule has 1 atom stereocenters. The Kier molecular flexibility index (Phi) is 6.69. The van der Waals surface area contributed by atoms with Gasteiger partial charge in [0.15, 0.2) is 0 Å². The molecule has 2 aromatic rings. The third-order valence-corrected chi connectivity index (χ3v) is 3.44. The Morgan fingerprint density at radius 3 is 2.58 bits per heavy atom. The van der Waals surface area contributed by atoms with Crippen molar-refractivity contribution in [1.29, 1.82) is 0 Å². The van der Waals surface area contributed by atoms with Gasteiger partial charge in [-0.05, 0) is 29.7 Å². The zero-order valence-corrected chi connectivity index (χ0v) is 13.0. The number of halogens is 2. The summed E-state index contributed by atoms with van der Waals surface area (Å²) in [5, 5.41) is 12.7. The third-order valence-electron chi connectivity index (χ3n) is 3.44. The fraction of sp³-hybridized carbons (Fsp3) is 0.278. The van der Waals surface area contributed by atoms with Gasteiger partial charge < -0.3 is 15.2 Å². The van der Waals surface area contributed by atoms with E-state index in [0.29, 0.717) is 18.4 Å². The number of carbonyl (C=O) groups is 1. The predicted molar refractivity (Wildman–Crippen MR) is 85.8 cm³/mol. The summed E-state index contributed by atoms with van der Waals surface area (Å²) in [5.74, 6) is -0.213. The molecular formula is C18H19F2NO3. The average molecular weight is 335 g/mol. The Morgan fingerprint density at radius 1 is 1.12 bits per heavy atom. The summed E-state index contributed by atoms with van der Waals surface area (Å²) in [7, 11) is 0. The number of aliphatic hydroxyl groups is 1. The van der Waals surface area contributed by atoms with E-state index in [-0.39, 0.29) is 18.2 Å². The number of amides is 1. The van der Waals surface area contributed by atoms with Crippen molar-refractivity contribution in [2.24, 2.45) is 0 Å². The van der Waals surface area contributed by atoms with Crippen LogP contribution >= 0.6 is 0 Å². The number of alkyl halides is 2. The molecule has 0 aliphatic heterocycles. The third kappa shape index (κ3) is 5.96. The summed E-state index contributed by atoms with van der Waals surface area (Å²) in [6.45, 7) is -2.92. The number of hydrogen-bond acceptors (Lipinski definition) is 3. The summed E-state index contributed by atoms with van der Waals surface area (Å²) in [6.07, 6.45) is -0.0712. The summed E-state index contributed by atoms with van der Waals surface area (Å²) in [5.41, 5.74) is 1.46. The van der Waals surface area contributed by atoms with Crippen molar-refractivity contribution in [2.75, 3.05) is 6.54 Å². The number of nitrogens with one attached hydrogen (secondary N) is 1. The van der Waals surface area contributed by atoms with E-state index in [2.05, 4.69) is 10.1 Å². The molecule has 0 fully saturated rings. The average Bonchev–Trinajstić information content (AvgIpc) is 2.58. The summed E-state index contributed by atoms with van der Waals surface area (Å²) >= 11 is 0. The first kappa shape index (κ1) is 17.9. The van der Waals surface area contributed by atoms with Gasteiger partial charge in [0.2, 0.25) is 5.91 Å². The molecule has 0 heterocycles. The number of benzene rings is 2. The van der Waals surface area contributed by atoms with Gasteiger partial charge in [-0.15, -0.1) is 0 Å². The molecule has 4 nitrogen and oxygen atoms in total. The summed E-state index contributed by atoms with van der Waals surface area (Å²) in [6, 6.07) is 15.4. The Morgan fingerprint density at radius 2 is 1.88 bits per heavy atom. The molecule has 0 saturated heterocycles. The van der Waals surface area contributed by atoms with E-state index in [1.54, 1.807) is 6.07 Å². The number of rotatable bonds is 8. The molecule has 0 spiro atoms. The minimum Gasteiger partial charge on any atom is -0.435 e. The molecule has 6 heteroatoms. The van der Waals surface area contributed by atoms with Crippen molar-refractivity contribution in [3.05, 3.63) is 65.7 Å². The van der Waals surface area contributed by atoms with Crippen molar-refractivity contribution >= 4 is 5.91 Å². The number of carbonyl (C=O) groups excluding carboxylic acids is 1. The van der Waals surface area contributed by atoms with Crippen LogP contribution in [0.2, 0.25) is 0 Å². The number of ether oxygens (including phenoxy) is 1. The molecule has 2 rings (SSSR count). The molecule has 0 radical (unpaired) electrons. The van der Waals surface area contributed by atoms with Crippen LogP contribution < -0.4 is 10.1 Å². The molecular weight excluding hydrogens is 316 g/mol. The van der Waals surface area contributed by atoms with E-state index in [9.17, 15) is 18.7 Å². The molecule has 128 valence electrons. The molecule has 1 unspecified atom stereocenters. The fourth-order valence-corrected chi connectivity index (χ4v) is 2.22. The minimum atomic E-state index is -2.92. The molecule has 0 aliphatic rings. The number of aryl methyl sites for hydroxylation is 1. The van der Waals surface area contributed by atoms with Crippen LogP contribution in [0.4, 0.5) is 8.78 Å². The smallest absolute Gasteiger partial charge is 0.387 e. The van der Waals surface area contributed by atoms with Crippen molar-refractivity contribution in [3.8, 4) is 5.75 Å². The van der Waals surface area contributed by atoms with Crippen molar-refractivity contribution < 1.29 is 23.4 Å². The van der Waals surface area contributed by atoms with E-state index >= 15 is 0 Å². The lowest BCUT2D eigenvalue weighted by Gasteiger charge is -2.14. The van der Waals surface area contributed by atoms with Crippen molar-refractivity contribution in [2.45, 2.75) is 25.6 Å². The first-order chi connectivity index (χ1) is 11.5. The van der Waals surface area contributed by atoms with E-state index in [1.807, 2.05) is 30.3 Å². The normalized spacial score (nSPS) is 12.0. The second-order valence-electron chi connectivity index (χ2n) is 5.26. The first-order valence-electron chi connectivity index (χ1n) is 7.58. The van der Waals surface area contributed by atoms with Crippen LogP contribution in [0.5, 0.6) is 5.75 Å². The molecule has 0 saturated carbocycles. The lowest BCUT2D eigenvalue weighted by molar-refractivity contribution is -0.121. The van der Waals surface area contributed by atoms with Gasteiger partial charge in [-0.3, -0.25) is 4.79 Å². The molecule has 24 heavy (non-hydrogen) atoms. The van der Waals surface area contributed by atoms with Gasteiger partial charge in [0.1, 0.15) is 5.75 Å². The van der Waals surface area contributed by atoms with Crippen LogP contribution in [0.3, 0.4) is 0 Å². The Hall–Kier alpha value is -2.47. The topological polar surface area (TPSA) is 58.6 Å². The van der Waals surface area contributed by atoms with Crippen LogP contribution in [-0.2, 0) is 11.2 Å². The van der Waals surface area contributed by atoms with E-state index in [4.69, 9.17) is 0 Å². The summed E-state index contributed by atoms with van der Waals surface area (Å²) in [4.78, 5) is 11.8. The Bertz CT molecular complexity index is 650. The maximum atomic E-state index is 12.2. The highest BCUT2D eigenvalue weighted by molar-refractivity contribution is 5.76. The van der Waals surface area contributed by atoms with E-state index in [0.717, 1.165) is 5.56 Å². The number of aliphatic hydroxyl groups excluding tert-OH is 1. The number of hydrogen-bond donors (Lipinski definition) is 2. The highest BCUT2D eigenvalue weighted by Crippen LogP contribution is 2.20. The molecule has 2 aromatic carbocycles. The Labute approximate surface area is 139 Å². The quantitative estimate of drug-likeness (QED) is 0.779. The summed E-state index contributed by atoms with van der Waals surface area (Å²) < 4.78 is 28.7. The molecule has 0 bridgehead atoms. The van der Waals surface area contributed by atoms with Gasteiger partial charge in [0.05, 0.1) is 6.10 Å². The molecule has 0 aromatic heterocycles. The van der Waals surface area contributed by atoms with Crippen molar-refractivity contribution in [3.63, 3.8) is 0 Å². The highest BCUT2D eigenvalue weighted by Gasteiger charge is 2.12. The lowest BCUT2D eigenvalue weighted by atomic mass is 10.1. The van der Waals surface area contributed by atoms with Gasteiger partial charge in [-0.2, -0.15) is 8.78 Å². The van der Waals surface area contributed by atoms with Gasteiger partial charge in [0, 0.05) is 13.0 Å². The van der Waals surface area contributed by atoms with Crippen LogP contribution in [0.25, 0.3) is 0 Å². The molecule has 0 aliphatic carbocycles. The second kappa shape index (κ2) is 8.98. The van der Waals surface area contributed by atoms with Crippen LogP contribution in [-0.4, -0.2) is 24.2 Å². The molecule has 1 amide bonds. The maximum Gasteiger partial charge on any atom is 0.387 e. The van der Waals surface area contributed by atoms with Gasteiger partial charge in [-0.1, -0.05) is 42.5 Å². The molecule has 2 N–H and O–H groups in total. The largest absolute Gasteiger partial charge is 0.435 e.